The van der Waals surface area contributed by atoms with Gasteiger partial charge in [-0.05, 0) is 47.2 Å². The fourth-order valence-electron chi connectivity index (χ4n) is 3.13. The van der Waals surface area contributed by atoms with Gasteiger partial charge < -0.3 is 15.4 Å². The van der Waals surface area contributed by atoms with Gasteiger partial charge in [0.25, 0.3) is 0 Å². The Kier molecular flexibility index (Phi) is 7.08. The lowest BCUT2D eigenvalue weighted by atomic mass is 9.97. The third kappa shape index (κ3) is 4.99. The van der Waals surface area contributed by atoms with E-state index in [1.165, 1.54) is 12.3 Å². The van der Waals surface area contributed by atoms with Gasteiger partial charge in [0, 0.05) is 23.8 Å². The van der Waals surface area contributed by atoms with E-state index in [1.54, 1.807) is 6.07 Å². The molecule has 0 aliphatic rings. The number of hydrogen-bond donors (Lipinski definition) is 4. The Bertz CT molecular complexity index is 1090. The molecule has 0 spiro atoms. The number of carboxylic acids is 1. The van der Waals surface area contributed by atoms with Crippen LogP contribution in [0.5, 0.6) is 0 Å². The van der Waals surface area contributed by atoms with Gasteiger partial charge in [-0.25, -0.2) is 15.0 Å². The SMILES string of the molecule is CCCCCNC(=O)NN=Cc1c(-c2ccc3[nH]ccc3c2)ccc(C(=O)O)c1Cl. The van der Waals surface area contributed by atoms with Crippen molar-refractivity contribution < 1.29 is 14.7 Å². The number of amides is 2. The van der Waals surface area contributed by atoms with Crippen LogP contribution in [-0.4, -0.2) is 34.9 Å². The van der Waals surface area contributed by atoms with Crippen LogP contribution < -0.4 is 10.7 Å². The molecule has 156 valence electrons. The molecule has 7 nitrogen and oxygen atoms in total. The Morgan fingerprint density at radius 1 is 1.20 bits per heavy atom. The third-order valence-corrected chi connectivity index (χ3v) is 5.11. The van der Waals surface area contributed by atoms with E-state index in [1.807, 2.05) is 30.5 Å². The second-order valence-corrected chi connectivity index (χ2v) is 7.18. The maximum Gasteiger partial charge on any atom is 0.337 e. The molecule has 1 aromatic heterocycles. The molecule has 30 heavy (non-hydrogen) atoms. The highest BCUT2D eigenvalue weighted by Crippen LogP contribution is 2.32. The molecule has 0 atom stereocenters. The summed E-state index contributed by atoms with van der Waals surface area (Å²) in [5, 5.41) is 17.2. The summed E-state index contributed by atoms with van der Waals surface area (Å²) in [6, 6.07) is 10.5. The summed E-state index contributed by atoms with van der Waals surface area (Å²) in [7, 11) is 0. The van der Waals surface area contributed by atoms with Crippen LogP contribution in [-0.2, 0) is 0 Å². The lowest BCUT2D eigenvalue weighted by Crippen LogP contribution is -2.32. The molecular formula is C22H23ClN4O3. The zero-order chi connectivity index (χ0) is 21.5. The quantitative estimate of drug-likeness (QED) is 0.231. The maximum absolute atomic E-state index is 11.9. The fraction of sp³-hybridized carbons (Fsp3) is 0.227. The van der Waals surface area contributed by atoms with Crippen molar-refractivity contribution in [1.82, 2.24) is 15.7 Å². The van der Waals surface area contributed by atoms with E-state index < -0.39 is 12.0 Å². The molecule has 2 amide bonds. The molecule has 4 N–H and O–H groups in total. The van der Waals surface area contributed by atoms with Crippen molar-refractivity contribution >= 4 is 40.7 Å². The first-order chi connectivity index (χ1) is 14.5. The number of rotatable bonds is 8. The number of unbranched alkanes of at least 4 members (excludes halogenated alkanes) is 2. The molecular weight excluding hydrogens is 404 g/mol. The van der Waals surface area contributed by atoms with Crippen molar-refractivity contribution in [3.8, 4) is 11.1 Å². The lowest BCUT2D eigenvalue weighted by molar-refractivity contribution is 0.0697. The Balaban J connectivity index is 1.88. The number of H-pyrrole nitrogens is 1. The van der Waals surface area contributed by atoms with Crippen molar-refractivity contribution in [3.63, 3.8) is 0 Å². The molecule has 0 bridgehead atoms. The van der Waals surface area contributed by atoms with Gasteiger partial charge in [-0.15, -0.1) is 0 Å². The summed E-state index contributed by atoms with van der Waals surface area (Å²) in [6.45, 7) is 2.65. The average molecular weight is 427 g/mol. The second kappa shape index (κ2) is 9.93. The summed E-state index contributed by atoms with van der Waals surface area (Å²) >= 11 is 6.38. The smallest absolute Gasteiger partial charge is 0.337 e. The van der Waals surface area contributed by atoms with Crippen molar-refractivity contribution in [2.24, 2.45) is 5.10 Å². The molecule has 0 aliphatic carbocycles. The molecule has 0 unspecified atom stereocenters. The normalized spacial score (nSPS) is 11.1. The predicted molar refractivity (Wildman–Crippen MR) is 119 cm³/mol. The van der Waals surface area contributed by atoms with Crippen molar-refractivity contribution in [3.05, 3.63) is 58.7 Å². The molecule has 0 radical (unpaired) electrons. The zero-order valence-corrected chi connectivity index (χ0v) is 17.3. The number of nitrogens with one attached hydrogen (secondary N) is 3. The molecule has 2 aromatic carbocycles. The minimum absolute atomic E-state index is 0.0337. The molecule has 3 aromatic rings. The van der Waals surface area contributed by atoms with Crippen LogP contribution >= 0.6 is 11.6 Å². The highest BCUT2D eigenvalue weighted by molar-refractivity contribution is 6.36. The molecule has 8 heteroatoms. The first kappa shape index (κ1) is 21.4. The van der Waals surface area contributed by atoms with Gasteiger partial charge in [0.1, 0.15) is 0 Å². The number of urea groups is 1. The summed E-state index contributed by atoms with van der Waals surface area (Å²) in [6.07, 6.45) is 6.22. The molecule has 0 aliphatic heterocycles. The number of nitrogens with zero attached hydrogens (tertiary/aromatic N) is 1. The topological polar surface area (TPSA) is 107 Å². The number of carboxylic acid groups (broad SMARTS) is 1. The van der Waals surface area contributed by atoms with Gasteiger partial charge >= 0.3 is 12.0 Å². The zero-order valence-electron chi connectivity index (χ0n) is 16.5. The Morgan fingerprint density at radius 3 is 2.80 bits per heavy atom. The van der Waals surface area contributed by atoms with E-state index in [4.69, 9.17) is 11.6 Å². The van der Waals surface area contributed by atoms with Crippen molar-refractivity contribution in [1.29, 1.82) is 0 Å². The summed E-state index contributed by atoms with van der Waals surface area (Å²) in [5.74, 6) is -1.14. The first-order valence-electron chi connectivity index (χ1n) is 9.71. The van der Waals surface area contributed by atoms with Gasteiger partial charge in [0.15, 0.2) is 0 Å². The van der Waals surface area contributed by atoms with Crippen LogP contribution in [0.3, 0.4) is 0 Å². The standard InChI is InChI=1S/C22H23ClN4O3/c1-2-3-4-10-25-22(30)27-26-13-18-16(6-7-17(20(18)23)21(28)29)14-5-8-19-15(12-14)9-11-24-19/h5-9,11-13,24H,2-4,10H2,1H3,(H,28,29)(H2,25,27,30). The number of aromatic amines is 1. The van der Waals surface area contributed by atoms with E-state index in [0.29, 0.717) is 17.7 Å². The number of carbonyl (C=O) groups excluding carboxylic acids is 1. The van der Waals surface area contributed by atoms with Crippen molar-refractivity contribution in [2.75, 3.05) is 6.54 Å². The average Bonchev–Trinajstić information content (AvgIpc) is 3.20. The monoisotopic (exact) mass is 426 g/mol. The number of benzene rings is 2. The Labute approximate surface area is 179 Å². The first-order valence-corrected chi connectivity index (χ1v) is 10.1. The molecule has 0 fully saturated rings. The number of carbonyl (C=O) groups is 2. The van der Waals surface area contributed by atoms with Crippen LogP contribution in [0, 0.1) is 0 Å². The lowest BCUT2D eigenvalue weighted by Gasteiger charge is -2.11. The van der Waals surface area contributed by atoms with E-state index >= 15 is 0 Å². The number of aromatic nitrogens is 1. The van der Waals surface area contributed by atoms with Gasteiger partial charge in [-0.3, -0.25) is 0 Å². The van der Waals surface area contributed by atoms with Gasteiger partial charge in [-0.2, -0.15) is 5.10 Å². The molecule has 1 heterocycles. The van der Waals surface area contributed by atoms with E-state index in [9.17, 15) is 14.7 Å². The van der Waals surface area contributed by atoms with Crippen LogP contribution in [0.15, 0.2) is 47.7 Å². The number of aromatic carboxylic acids is 1. The third-order valence-electron chi connectivity index (χ3n) is 4.70. The maximum atomic E-state index is 11.9. The van der Waals surface area contributed by atoms with E-state index in [2.05, 4.69) is 27.8 Å². The Morgan fingerprint density at radius 2 is 2.03 bits per heavy atom. The van der Waals surface area contributed by atoms with Gasteiger partial charge in [0.2, 0.25) is 0 Å². The van der Waals surface area contributed by atoms with Crippen LogP contribution in [0.1, 0.15) is 42.1 Å². The predicted octanol–water partition coefficient (Wildman–Crippen LogP) is 5.01. The van der Waals surface area contributed by atoms with E-state index in [0.717, 1.165) is 35.7 Å². The fourth-order valence-corrected chi connectivity index (χ4v) is 3.42. The number of hydrazone groups is 1. The molecule has 0 saturated carbocycles. The summed E-state index contributed by atoms with van der Waals surface area (Å²) < 4.78 is 0. The van der Waals surface area contributed by atoms with Gasteiger partial charge in [0.05, 0.1) is 16.8 Å². The molecule has 0 saturated heterocycles. The molecule has 3 rings (SSSR count). The van der Waals surface area contributed by atoms with Crippen LogP contribution in [0.4, 0.5) is 4.79 Å². The summed E-state index contributed by atoms with van der Waals surface area (Å²) in [4.78, 5) is 26.5. The minimum Gasteiger partial charge on any atom is -0.478 e. The minimum atomic E-state index is -1.14. The van der Waals surface area contributed by atoms with Gasteiger partial charge in [-0.1, -0.05) is 43.5 Å². The highest BCUT2D eigenvalue weighted by atomic mass is 35.5. The van der Waals surface area contributed by atoms with Crippen LogP contribution in [0.2, 0.25) is 5.02 Å². The number of fused-ring (bicyclic) bond motifs is 1. The summed E-state index contributed by atoms with van der Waals surface area (Å²) in [5.41, 5.74) is 5.33. The highest BCUT2D eigenvalue weighted by Gasteiger charge is 2.16. The largest absolute Gasteiger partial charge is 0.478 e. The van der Waals surface area contributed by atoms with E-state index in [-0.39, 0.29) is 10.6 Å². The number of hydrogen-bond acceptors (Lipinski definition) is 3. The number of halogens is 1. The second-order valence-electron chi connectivity index (χ2n) is 6.81. The Hall–Kier alpha value is -3.32. The van der Waals surface area contributed by atoms with Crippen LogP contribution in [0.25, 0.3) is 22.0 Å². The van der Waals surface area contributed by atoms with Crippen molar-refractivity contribution in [2.45, 2.75) is 26.2 Å².